The first kappa shape index (κ1) is 17.4. The van der Waals surface area contributed by atoms with Gasteiger partial charge in [0.25, 0.3) is 0 Å². The fourth-order valence-corrected chi connectivity index (χ4v) is 3.07. The molecule has 0 aliphatic rings. The van der Waals surface area contributed by atoms with Crippen molar-refractivity contribution >= 4 is 33.4 Å². The molecule has 3 aromatic rings. The number of nitrogens with zero attached hydrogens (tertiary/aromatic N) is 4. The Morgan fingerprint density at radius 1 is 1.12 bits per heavy atom. The molecule has 0 saturated carbocycles. The van der Waals surface area contributed by atoms with Gasteiger partial charge in [-0.1, -0.05) is 36.4 Å². The summed E-state index contributed by atoms with van der Waals surface area (Å²) in [5.74, 6) is 1.28. The number of hydrogen-bond donors (Lipinski definition) is 1. The van der Waals surface area contributed by atoms with Crippen LogP contribution in [-0.4, -0.2) is 21.7 Å². The van der Waals surface area contributed by atoms with Crippen LogP contribution in [0, 0.1) is 6.92 Å². The Morgan fingerprint density at radius 2 is 1.92 bits per heavy atom. The van der Waals surface area contributed by atoms with Crippen molar-refractivity contribution in [1.29, 1.82) is 0 Å². The smallest absolute Gasteiger partial charge is 0.247 e. The van der Waals surface area contributed by atoms with Gasteiger partial charge in [0, 0.05) is 17.6 Å². The molecule has 0 aliphatic carbocycles. The van der Waals surface area contributed by atoms with Gasteiger partial charge in [-0.3, -0.25) is 0 Å². The summed E-state index contributed by atoms with van der Waals surface area (Å²) in [7, 11) is 0. The standard InChI is InChI=1S/C19H20BrN5/c1-3-25(13-15-7-5-4-6-8-15)19-23-18(12-21-24-19)22-17-10-9-14(2)11-16(17)20/h4-12H,3,13H2,1-2H3,(H,22,23,24). The molecule has 2 aromatic carbocycles. The predicted molar refractivity (Wildman–Crippen MR) is 105 cm³/mol. The molecule has 0 bridgehead atoms. The largest absolute Gasteiger partial charge is 0.338 e. The maximum absolute atomic E-state index is 4.62. The van der Waals surface area contributed by atoms with Crippen LogP contribution in [0.5, 0.6) is 0 Å². The van der Waals surface area contributed by atoms with Crippen molar-refractivity contribution in [2.45, 2.75) is 20.4 Å². The SMILES string of the molecule is CCN(Cc1ccccc1)c1nncc(Nc2ccc(C)cc2Br)n1. The molecule has 1 N–H and O–H groups in total. The van der Waals surface area contributed by atoms with Crippen molar-refractivity contribution < 1.29 is 0 Å². The minimum absolute atomic E-state index is 0.611. The molecule has 25 heavy (non-hydrogen) atoms. The summed E-state index contributed by atoms with van der Waals surface area (Å²) >= 11 is 3.57. The van der Waals surface area contributed by atoms with Gasteiger partial charge < -0.3 is 10.2 Å². The summed E-state index contributed by atoms with van der Waals surface area (Å²) in [5, 5.41) is 11.6. The molecule has 128 valence electrons. The lowest BCUT2D eigenvalue weighted by Gasteiger charge is -2.20. The number of benzene rings is 2. The minimum atomic E-state index is 0.611. The van der Waals surface area contributed by atoms with Crippen molar-refractivity contribution in [1.82, 2.24) is 15.2 Å². The zero-order chi connectivity index (χ0) is 17.6. The Bertz CT molecular complexity index is 838. The summed E-state index contributed by atoms with van der Waals surface area (Å²) in [4.78, 5) is 6.71. The van der Waals surface area contributed by atoms with Gasteiger partial charge in [-0.25, -0.2) is 0 Å². The lowest BCUT2D eigenvalue weighted by molar-refractivity contribution is 0.771. The Morgan fingerprint density at radius 3 is 2.64 bits per heavy atom. The molecule has 0 saturated heterocycles. The lowest BCUT2D eigenvalue weighted by atomic mass is 10.2. The average molecular weight is 398 g/mol. The number of hydrogen-bond acceptors (Lipinski definition) is 5. The van der Waals surface area contributed by atoms with Gasteiger partial charge in [0.2, 0.25) is 5.95 Å². The summed E-state index contributed by atoms with van der Waals surface area (Å²) in [6.07, 6.45) is 1.63. The topological polar surface area (TPSA) is 53.9 Å². The first-order chi connectivity index (χ1) is 12.2. The van der Waals surface area contributed by atoms with E-state index >= 15 is 0 Å². The molecule has 0 unspecified atom stereocenters. The second-order valence-electron chi connectivity index (χ2n) is 5.75. The highest BCUT2D eigenvalue weighted by Gasteiger charge is 2.11. The zero-order valence-electron chi connectivity index (χ0n) is 14.3. The van der Waals surface area contributed by atoms with E-state index in [9.17, 15) is 0 Å². The van der Waals surface area contributed by atoms with Crippen molar-refractivity contribution in [2.75, 3.05) is 16.8 Å². The number of rotatable bonds is 6. The van der Waals surface area contributed by atoms with Crippen LogP contribution in [0.4, 0.5) is 17.5 Å². The minimum Gasteiger partial charge on any atom is -0.338 e. The Hall–Kier alpha value is -2.47. The van der Waals surface area contributed by atoms with Crippen LogP contribution in [0.3, 0.4) is 0 Å². The number of nitrogens with one attached hydrogen (secondary N) is 1. The molecule has 0 fully saturated rings. The summed E-state index contributed by atoms with van der Waals surface area (Å²) in [5.41, 5.74) is 3.36. The van der Waals surface area contributed by atoms with E-state index in [-0.39, 0.29) is 0 Å². The summed E-state index contributed by atoms with van der Waals surface area (Å²) < 4.78 is 0.990. The quantitative estimate of drug-likeness (QED) is 0.652. The molecule has 3 rings (SSSR count). The van der Waals surface area contributed by atoms with Crippen LogP contribution in [-0.2, 0) is 6.54 Å². The maximum atomic E-state index is 4.62. The number of aromatic nitrogens is 3. The zero-order valence-corrected chi connectivity index (χ0v) is 15.9. The highest BCUT2D eigenvalue weighted by molar-refractivity contribution is 9.10. The number of aryl methyl sites for hydroxylation is 1. The van der Waals surface area contributed by atoms with Gasteiger partial charge >= 0.3 is 0 Å². The van der Waals surface area contributed by atoms with Crippen LogP contribution in [0.1, 0.15) is 18.1 Å². The molecular formula is C19H20BrN5. The van der Waals surface area contributed by atoms with E-state index in [4.69, 9.17) is 0 Å². The highest BCUT2D eigenvalue weighted by Crippen LogP contribution is 2.26. The van der Waals surface area contributed by atoms with E-state index in [2.05, 4.69) is 79.4 Å². The fourth-order valence-electron chi connectivity index (χ4n) is 2.48. The molecule has 0 atom stereocenters. The fraction of sp³-hybridized carbons (Fsp3) is 0.211. The van der Waals surface area contributed by atoms with Crippen molar-refractivity contribution in [2.24, 2.45) is 0 Å². The molecule has 5 nitrogen and oxygen atoms in total. The Kier molecular flexibility index (Phi) is 5.60. The number of anilines is 3. The molecule has 0 amide bonds. The first-order valence-electron chi connectivity index (χ1n) is 8.17. The second kappa shape index (κ2) is 8.07. The van der Waals surface area contributed by atoms with E-state index in [0.29, 0.717) is 11.8 Å². The predicted octanol–water partition coefficient (Wildman–Crippen LogP) is 4.71. The van der Waals surface area contributed by atoms with E-state index < -0.39 is 0 Å². The first-order valence-corrected chi connectivity index (χ1v) is 8.97. The van der Waals surface area contributed by atoms with E-state index in [0.717, 1.165) is 23.2 Å². The van der Waals surface area contributed by atoms with Crippen LogP contribution in [0.25, 0.3) is 0 Å². The molecular weight excluding hydrogens is 378 g/mol. The van der Waals surface area contributed by atoms with Gasteiger partial charge in [0.15, 0.2) is 5.82 Å². The molecule has 6 heteroatoms. The lowest BCUT2D eigenvalue weighted by Crippen LogP contribution is -2.24. The Balaban J connectivity index is 1.80. The van der Waals surface area contributed by atoms with Crippen LogP contribution >= 0.6 is 15.9 Å². The monoisotopic (exact) mass is 397 g/mol. The molecule has 1 heterocycles. The third-order valence-electron chi connectivity index (χ3n) is 3.82. The van der Waals surface area contributed by atoms with Gasteiger partial charge in [0.1, 0.15) is 0 Å². The van der Waals surface area contributed by atoms with E-state index in [1.54, 1.807) is 6.20 Å². The van der Waals surface area contributed by atoms with Crippen molar-refractivity contribution in [3.63, 3.8) is 0 Å². The van der Waals surface area contributed by atoms with Crippen molar-refractivity contribution in [3.8, 4) is 0 Å². The average Bonchev–Trinajstić information content (AvgIpc) is 2.63. The molecule has 1 aromatic heterocycles. The van der Waals surface area contributed by atoms with Gasteiger partial charge in [-0.2, -0.15) is 10.1 Å². The van der Waals surface area contributed by atoms with Gasteiger partial charge in [-0.15, -0.1) is 5.10 Å². The van der Waals surface area contributed by atoms with Gasteiger partial charge in [-0.05, 0) is 53.0 Å². The second-order valence-corrected chi connectivity index (χ2v) is 6.60. The Labute approximate surface area is 156 Å². The van der Waals surface area contributed by atoms with E-state index in [1.807, 2.05) is 24.3 Å². The molecule has 0 spiro atoms. The van der Waals surface area contributed by atoms with Gasteiger partial charge in [0.05, 0.1) is 11.9 Å². The van der Waals surface area contributed by atoms with Crippen LogP contribution in [0.15, 0.2) is 59.2 Å². The van der Waals surface area contributed by atoms with Crippen molar-refractivity contribution in [3.05, 3.63) is 70.3 Å². The third kappa shape index (κ3) is 4.54. The third-order valence-corrected chi connectivity index (χ3v) is 4.47. The summed E-state index contributed by atoms with van der Waals surface area (Å²) in [6, 6.07) is 16.4. The molecule has 0 aliphatic heterocycles. The van der Waals surface area contributed by atoms with Crippen LogP contribution < -0.4 is 10.2 Å². The highest BCUT2D eigenvalue weighted by atomic mass is 79.9. The van der Waals surface area contributed by atoms with E-state index in [1.165, 1.54) is 11.1 Å². The number of halogens is 1. The maximum Gasteiger partial charge on any atom is 0.247 e. The van der Waals surface area contributed by atoms with Crippen LogP contribution in [0.2, 0.25) is 0 Å². The summed E-state index contributed by atoms with van der Waals surface area (Å²) in [6.45, 7) is 5.69. The normalized spacial score (nSPS) is 10.5. The molecule has 0 radical (unpaired) electrons.